The molecule has 2 N–H and O–H groups in total. The van der Waals surface area contributed by atoms with E-state index in [0.29, 0.717) is 25.6 Å². The van der Waals surface area contributed by atoms with Crippen LogP contribution in [0, 0.1) is 12.8 Å². The monoisotopic (exact) mass is 317 g/mol. The summed E-state index contributed by atoms with van der Waals surface area (Å²) >= 11 is 0. The zero-order chi connectivity index (χ0) is 16.4. The normalized spacial score (nSPS) is 15.8. The van der Waals surface area contributed by atoms with Gasteiger partial charge in [-0.3, -0.25) is 9.59 Å². The molecular weight excluding hydrogens is 298 g/mol. The number of carbonyl (C=O) groups is 1. The highest BCUT2D eigenvalue weighted by atomic mass is 16.2. The van der Waals surface area contributed by atoms with Gasteiger partial charge < -0.3 is 14.9 Å². The molecule has 0 aromatic carbocycles. The van der Waals surface area contributed by atoms with Gasteiger partial charge in [0, 0.05) is 31.9 Å². The number of likely N-dealkylation sites (tertiary alicyclic amines) is 1. The van der Waals surface area contributed by atoms with Crippen molar-refractivity contribution >= 4 is 5.91 Å². The fraction of sp³-hybridized carbons (Fsp3) is 0.467. The van der Waals surface area contributed by atoms with Crippen molar-refractivity contribution in [3.63, 3.8) is 0 Å². The van der Waals surface area contributed by atoms with Crippen LogP contribution >= 0.6 is 0 Å². The minimum Gasteiger partial charge on any atom is -0.337 e. The van der Waals surface area contributed by atoms with Crippen molar-refractivity contribution in [1.29, 1.82) is 0 Å². The predicted molar refractivity (Wildman–Crippen MR) is 83.3 cm³/mol. The molecule has 0 bridgehead atoms. The number of amides is 1. The molecule has 1 saturated heterocycles. The van der Waals surface area contributed by atoms with Crippen LogP contribution in [0.25, 0.3) is 0 Å². The zero-order valence-electron chi connectivity index (χ0n) is 12.9. The molecule has 1 amide bonds. The van der Waals surface area contributed by atoms with E-state index in [4.69, 9.17) is 0 Å². The van der Waals surface area contributed by atoms with E-state index in [9.17, 15) is 14.4 Å². The molecule has 0 atom stereocenters. The van der Waals surface area contributed by atoms with Crippen LogP contribution < -0.4 is 11.2 Å². The van der Waals surface area contributed by atoms with E-state index in [-0.39, 0.29) is 22.9 Å². The van der Waals surface area contributed by atoms with E-state index < -0.39 is 0 Å². The predicted octanol–water partition coefficient (Wildman–Crippen LogP) is 0.121. The Morgan fingerprint density at radius 3 is 2.70 bits per heavy atom. The molecule has 2 aromatic heterocycles. The maximum Gasteiger partial charge on any atom is 0.323 e. The standard InChI is InChI=1S/C15H19N5O3/c1-10-2-3-13(21)20(18-10)9-11-4-6-19(7-5-11)14(22)12-8-16-15(23)17-12/h2-3,8,11H,4-7,9H2,1H3,(H2,16,17,23). The number of aromatic amines is 2. The molecule has 122 valence electrons. The van der Waals surface area contributed by atoms with Crippen molar-refractivity contribution in [1.82, 2.24) is 24.6 Å². The van der Waals surface area contributed by atoms with Gasteiger partial charge in [0.15, 0.2) is 0 Å². The van der Waals surface area contributed by atoms with Gasteiger partial charge in [-0.05, 0) is 31.7 Å². The van der Waals surface area contributed by atoms with E-state index in [1.54, 1.807) is 11.0 Å². The first kappa shape index (κ1) is 15.3. The third kappa shape index (κ3) is 3.41. The number of hydrogen-bond acceptors (Lipinski definition) is 4. The van der Waals surface area contributed by atoms with Gasteiger partial charge in [-0.25, -0.2) is 9.48 Å². The number of H-pyrrole nitrogens is 2. The number of hydrogen-bond donors (Lipinski definition) is 2. The number of carbonyl (C=O) groups excluding carboxylic acids is 1. The fourth-order valence-corrected chi connectivity index (χ4v) is 2.86. The number of aromatic nitrogens is 4. The number of nitrogens with one attached hydrogen (secondary N) is 2. The van der Waals surface area contributed by atoms with Gasteiger partial charge in [-0.2, -0.15) is 5.10 Å². The summed E-state index contributed by atoms with van der Waals surface area (Å²) in [4.78, 5) is 41.8. The van der Waals surface area contributed by atoms with Gasteiger partial charge in [0.05, 0.1) is 5.69 Å². The van der Waals surface area contributed by atoms with Gasteiger partial charge in [0.2, 0.25) is 0 Å². The summed E-state index contributed by atoms with van der Waals surface area (Å²) in [5.41, 5.74) is 0.616. The minimum absolute atomic E-state index is 0.0981. The lowest BCUT2D eigenvalue weighted by molar-refractivity contribution is 0.0675. The van der Waals surface area contributed by atoms with Crippen molar-refractivity contribution < 1.29 is 4.79 Å². The highest BCUT2D eigenvalue weighted by molar-refractivity contribution is 5.92. The molecule has 3 heterocycles. The fourth-order valence-electron chi connectivity index (χ4n) is 2.86. The molecule has 0 saturated carbocycles. The molecule has 8 nitrogen and oxygen atoms in total. The maximum atomic E-state index is 12.2. The molecule has 0 unspecified atom stereocenters. The molecular formula is C15H19N5O3. The van der Waals surface area contributed by atoms with E-state index in [1.807, 2.05) is 6.92 Å². The summed E-state index contributed by atoms with van der Waals surface area (Å²) in [5.74, 6) is 0.143. The Morgan fingerprint density at radius 1 is 1.30 bits per heavy atom. The first-order valence-electron chi connectivity index (χ1n) is 7.64. The molecule has 3 rings (SSSR count). The second kappa shape index (κ2) is 6.23. The third-order valence-corrected chi connectivity index (χ3v) is 4.16. The van der Waals surface area contributed by atoms with Gasteiger partial charge in [-0.1, -0.05) is 0 Å². The summed E-state index contributed by atoms with van der Waals surface area (Å²) in [5, 5.41) is 4.25. The van der Waals surface area contributed by atoms with Crippen molar-refractivity contribution in [2.45, 2.75) is 26.3 Å². The zero-order valence-corrected chi connectivity index (χ0v) is 12.9. The Bertz CT molecular complexity index is 811. The summed E-state index contributed by atoms with van der Waals surface area (Å²) in [6, 6.07) is 3.24. The second-order valence-corrected chi connectivity index (χ2v) is 5.89. The first-order chi connectivity index (χ1) is 11.0. The second-order valence-electron chi connectivity index (χ2n) is 5.89. The van der Waals surface area contributed by atoms with Crippen molar-refractivity contribution in [2.24, 2.45) is 5.92 Å². The highest BCUT2D eigenvalue weighted by Gasteiger charge is 2.25. The molecule has 0 spiro atoms. The van der Waals surface area contributed by atoms with Crippen LogP contribution in [0.1, 0.15) is 29.0 Å². The van der Waals surface area contributed by atoms with E-state index >= 15 is 0 Å². The quantitative estimate of drug-likeness (QED) is 0.839. The van der Waals surface area contributed by atoms with Crippen LogP contribution in [0.5, 0.6) is 0 Å². The van der Waals surface area contributed by atoms with Gasteiger partial charge in [0.1, 0.15) is 5.69 Å². The largest absolute Gasteiger partial charge is 0.337 e. The number of imidazole rings is 1. The lowest BCUT2D eigenvalue weighted by atomic mass is 9.96. The molecule has 0 radical (unpaired) electrons. The Morgan fingerprint density at radius 2 is 2.04 bits per heavy atom. The lowest BCUT2D eigenvalue weighted by Crippen LogP contribution is -2.40. The van der Waals surface area contributed by atoms with E-state index in [2.05, 4.69) is 15.1 Å². The average molecular weight is 317 g/mol. The van der Waals surface area contributed by atoms with Crippen molar-refractivity contribution in [3.8, 4) is 0 Å². The van der Waals surface area contributed by atoms with Crippen LogP contribution in [0.3, 0.4) is 0 Å². The SMILES string of the molecule is Cc1ccc(=O)n(CC2CCN(C(=O)c3c[nH]c(=O)[nH]3)CC2)n1. The van der Waals surface area contributed by atoms with Crippen LogP contribution in [-0.2, 0) is 6.54 Å². The van der Waals surface area contributed by atoms with Gasteiger partial charge >= 0.3 is 5.69 Å². The van der Waals surface area contributed by atoms with Crippen LogP contribution in [0.2, 0.25) is 0 Å². The topological polar surface area (TPSA) is 104 Å². The molecule has 1 aliphatic heterocycles. The van der Waals surface area contributed by atoms with Crippen LogP contribution in [0.15, 0.2) is 27.9 Å². The number of nitrogens with zero attached hydrogens (tertiary/aromatic N) is 3. The summed E-state index contributed by atoms with van der Waals surface area (Å²) in [6.45, 7) is 3.65. The Labute approximate surface area is 132 Å². The van der Waals surface area contributed by atoms with Crippen molar-refractivity contribution in [2.75, 3.05) is 13.1 Å². The Hall–Kier alpha value is -2.64. The summed E-state index contributed by atoms with van der Waals surface area (Å²) in [7, 11) is 0. The molecule has 0 aliphatic carbocycles. The average Bonchev–Trinajstić information content (AvgIpc) is 2.97. The Kier molecular flexibility index (Phi) is 4.14. The third-order valence-electron chi connectivity index (χ3n) is 4.16. The Balaban J connectivity index is 1.60. The summed E-state index contributed by atoms with van der Waals surface area (Å²) < 4.78 is 1.50. The molecule has 23 heavy (non-hydrogen) atoms. The highest BCUT2D eigenvalue weighted by Crippen LogP contribution is 2.19. The first-order valence-corrected chi connectivity index (χ1v) is 7.64. The lowest BCUT2D eigenvalue weighted by Gasteiger charge is -2.31. The van der Waals surface area contributed by atoms with E-state index in [0.717, 1.165) is 18.5 Å². The smallest absolute Gasteiger partial charge is 0.323 e. The number of rotatable bonds is 3. The van der Waals surface area contributed by atoms with Gasteiger partial charge in [0.25, 0.3) is 11.5 Å². The molecule has 8 heteroatoms. The number of aryl methyl sites for hydroxylation is 1. The molecule has 2 aromatic rings. The summed E-state index contributed by atoms with van der Waals surface area (Å²) in [6.07, 6.45) is 3.01. The van der Waals surface area contributed by atoms with Crippen LogP contribution in [0.4, 0.5) is 0 Å². The maximum absolute atomic E-state index is 12.2. The van der Waals surface area contributed by atoms with Crippen LogP contribution in [-0.4, -0.2) is 43.6 Å². The number of piperidine rings is 1. The van der Waals surface area contributed by atoms with Gasteiger partial charge in [-0.15, -0.1) is 0 Å². The minimum atomic E-state index is -0.381. The van der Waals surface area contributed by atoms with Crippen molar-refractivity contribution in [3.05, 3.63) is 50.6 Å². The molecule has 1 fully saturated rings. The van der Waals surface area contributed by atoms with E-state index in [1.165, 1.54) is 16.9 Å². The molecule has 1 aliphatic rings.